The second-order valence-corrected chi connectivity index (χ2v) is 5.96. The SMILES string of the molecule is CC(C)(C)OC(=O)C[C@@H](Cc1ccccc1)C(=O)S. The molecule has 1 aromatic carbocycles. The molecule has 1 aromatic rings. The fraction of sp³-hybridized carbons (Fsp3) is 0.467. The topological polar surface area (TPSA) is 43.4 Å². The third-order valence-electron chi connectivity index (χ3n) is 2.51. The van der Waals surface area contributed by atoms with Crippen LogP contribution in [-0.2, 0) is 20.7 Å². The minimum atomic E-state index is -0.534. The van der Waals surface area contributed by atoms with E-state index < -0.39 is 11.5 Å². The predicted octanol–water partition coefficient (Wildman–Crippen LogP) is 3.03. The average Bonchev–Trinajstić information content (AvgIpc) is 2.26. The average molecular weight is 280 g/mol. The molecule has 0 amide bonds. The van der Waals surface area contributed by atoms with Crippen molar-refractivity contribution in [2.24, 2.45) is 5.92 Å². The summed E-state index contributed by atoms with van der Waals surface area (Å²) < 4.78 is 5.23. The van der Waals surface area contributed by atoms with Gasteiger partial charge in [-0.25, -0.2) is 0 Å². The van der Waals surface area contributed by atoms with Crippen LogP contribution in [0.15, 0.2) is 30.3 Å². The first-order chi connectivity index (χ1) is 8.78. The van der Waals surface area contributed by atoms with Crippen molar-refractivity contribution in [1.82, 2.24) is 0 Å². The minimum Gasteiger partial charge on any atom is -0.460 e. The molecule has 0 radical (unpaired) electrons. The first-order valence-electron chi connectivity index (χ1n) is 6.26. The number of esters is 1. The maximum Gasteiger partial charge on any atom is 0.307 e. The van der Waals surface area contributed by atoms with Crippen LogP contribution in [0.4, 0.5) is 0 Å². The van der Waals surface area contributed by atoms with Crippen molar-refractivity contribution in [2.45, 2.75) is 39.2 Å². The van der Waals surface area contributed by atoms with Crippen LogP contribution in [0.5, 0.6) is 0 Å². The summed E-state index contributed by atoms with van der Waals surface area (Å²) >= 11 is 3.86. The van der Waals surface area contributed by atoms with Gasteiger partial charge < -0.3 is 4.74 Å². The van der Waals surface area contributed by atoms with E-state index in [1.54, 1.807) is 20.8 Å². The molecular formula is C15H20O3S. The monoisotopic (exact) mass is 280 g/mol. The molecule has 0 spiro atoms. The maximum atomic E-state index is 11.8. The largest absolute Gasteiger partial charge is 0.460 e. The summed E-state index contributed by atoms with van der Waals surface area (Å²) in [5.74, 6) is -0.809. The minimum absolute atomic E-state index is 0.0640. The van der Waals surface area contributed by atoms with Gasteiger partial charge in [0.1, 0.15) is 5.60 Å². The molecule has 0 bridgehead atoms. The molecule has 0 unspecified atom stereocenters. The van der Waals surface area contributed by atoms with E-state index in [2.05, 4.69) is 12.6 Å². The lowest BCUT2D eigenvalue weighted by Gasteiger charge is -2.21. The molecule has 4 heteroatoms. The Hall–Kier alpha value is -1.29. The van der Waals surface area contributed by atoms with Gasteiger partial charge in [0, 0.05) is 5.92 Å². The Kier molecular flexibility index (Phi) is 5.60. The Balaban J connectivity index is 2.64. The number of rotatable bonds is 5. The fourth-order valence-electron chi connectivity index (χ4n) is 1.73. The number of carbonyl (C=O) groups is 2. The van der Waals surface area contributed by atoms with Crippen molar-refractivity contribution < 1.29 is 14.3 Å². The Labute approximate surface area is 119 Å². The van der Waals surface area contributed by atoms with Gasteiger partial charge in [0.15, 0.2) is 5.12 Å². The van der Waals surface area contributed by atoms with Gasteiger partial charge in [-0.05, 0) is 32.8 Å². The van der Waals surface area contributed by atoms with Crippen molar-refractivity contribution in [1.29, 1.82) is 0 Å². The van der Waals surface area contributed by atoms with Gasteiger partial charge in [-0.1, -0.05) is 30.3 Å². The standard InChI is InChI=1S/C15H20O3S/c1-15(2,3)18-13(16)10-12(14(17)19)9-11-7-5-4-6-8-11/h4-8,12H,9-10H2,1-3H3,(H,17,19)/t12-/m1/s1. The van der Waals surface area contributed by atoms with Crippen LogP contribution in [0, 0.1) is 5.92 Å². The van der Waals surface area contributed by atoms with Crippen molar-refractivity contribution in [3.8, 4) is 0 Å². The van der Waals surface area contributed by atoms with Crippen molar-refractivity contribution in [2.75, 3.05) is 0 Å². The molecule has 0 aliphatic rings. The molecule has 0 aromatic heterocycles. The zero-order valence-corrected chi connectivity index (χ0v) is 12.4. The fourth-order valence-corrected chi connectivity index (χ4v) is 1.91. The zero-order valence-electron chi connectivity index (χ0n) is 11.6. The van der Waals surface area contributed by atoms with E-state index in [0.29, 0.717) is 6.42 Å². The van der Waals surface area contributed by atoms with E-state index in [1.165, 1.54) is 0 Å². The molecule has 0 fully saturated rings. The highest BCUT2D eigenvalue weighted by Gasteiger charge is 2.23. The van der Waals surface area contributed by atoms with Gasteiger partial charge in [0.25, 0.3) is 0 Å². The third kappa shape index (κ3) is 6.43. The summed E-state index contributed by atoms with van der Waals surface area (Å²) in [5.41, 5.74) is 0.479. The summed E-state index contributed by atoms with van der Waals surface area (Å²) in [6, 6.07) is 9.58. The quantitative estimate of drug-likeness (QED) is 0.666. The second-order valence-electron chi connectivity index (χ2n) is 5.52. The van der Waals surface area contributed by atoms with E-state index >= 15 is 0 Å². The summed E-state index contributed by atoms with van der Waals surface area (Å²) in [4.78, 5) is 23.3. The molecule has 1 atom stereocenters. The maximum absolute atomic E-state index is 11.8. The van der Waals surface area contributed by atoms with Gasteiger partial charge in [-0.3, -0.25) is 9.59 Å². The molecule has 19 heavy (non-hydrogen) atoms. The predicted molar refractivity (Wildman–Crippen MR) is 78.1 cm³/mol. The lowest BCUT2D eigenvalue weighted by atomic mass is 9.97. The first-order valence-corrected chi connectivity index (χ1v) is 6.71. The lowest BCUT2D eigenvalue weighted by Crippen LogP contribution is -2.27. The number of ether oxygens (including phenoxy) is 1. The Bertz CT molecular complexity index is 434. The molecule has 0 saturated heterocycles. The number of hydrogen-bond acceptors (Lipinski definition) is 3. The molecular weight excluding hydrogens is 260 g/mol. The Morgan fingerprint density at radius 3 is 2.26 bits per heavy atom. The summed E-state index contributed by atoms with van der Waals surface area (Å²) in [6.07, 6.45) is 0.566. The van der Waals surface area contributed by atoms with Crippen molar-refractivity contribution in [3.05, 3.63) is 35.9 Å². The molecule has 0 aliphatic heterocycles. The van der Waals surface area contributed by atoms with Gasteiger partial charge in [0.2, 0.25) is 0 Å². The van der Waals surface area contributed by atoms with Gasteiger partial charge in [-0.2, -0.15) is 0 Å². The van der Waals surface area contributed by atoms with E-state index in [1.807, 2.05) is 30.3 Å². The number of benzene rings is 1. The number of thiol groups is 1. The number of hydrogen-bond donors (Lipinski definition) is 1. The van der Waals surface area contributed by atoms with E-state index in [4.69, 9.17) is 4.74 Å². The molecule has 0 aliphatic carbocycles. The highest BCUT2D eigenvalue weighted by atomic mass is 32.1. The number of carbonyl (C=O) groups excluding carboxylic acids is 2. The molecule has 0 N–H and O–H groups in total. The first kappa shape index (κ1) is 15.8. The van der Waals surface area contributed by atoms with E-state index in [-0.39, 0.29) is 17.5 Å². The lowest BCUT2D eigenvalue weighted by molar-refractivity contribution is -0.156. The smallest absolute Gasteiger partial charge is 0.307 e. The third-order valence-corrected chi connectivity index (χ3v) is 2.87. The van der Waals surface area contributed by atoms with Crippen LogP contribution >= 0.6 is 12.6 Å². The molecule has 0 heterocycles. The highest BCUT2D eigenvalue weighted by molar-refractivity contribution is 7.96. The normalized spacial score (nSPS) is 12.8. The Morgan fingerprint density at radius 1 is 1.21 bits per heavy atom. The van der Waals surface area contributed by atoms with Crippen LogP contribution in [0.1, 0.15) is 32.8 Å². The summed E-state index contributed by atoms with van der Waals surface area (Å²) in [6.45, 7) is 5.42. The van der Waals surface area contributed by atoms with Crippen LogP contribution in [0.3, 0.4) is 0 Å². The molecule has 1 rings (SSSR count). The van der Waals surface area contributed by atoms with Crippen LogP contribution < -0.4 is 0 Å². The van der Waals surface area contributed by atoms with Crippen LogP contribution in [0.2, 0.25) is 0 Å². The van der Waals surface area contributed by atoms with Crippen molar-refractivity contribution in [3.63, 3.8) is 0 Å². The molecule has 3 nitrogen and oxygen atoms in total. The summed E-state index contributed by atoms with van der Waals surface area (Å²) in [7, 11) is 0. The van der Waals surface area contributed by atoms with Crippen LogP contribution in [-0.4, -0.2) is 16.7 Å². The second kappa shape index (κ2) is 6.75. The molecule has 104 valence electrons. The zero-order chi connectivity index (χ0) is 14.5. The highest BCUT2D eigenvalue weighted by Crippen LogP contribution is 2.18. The van der Waals surface area contributed by atoms with Gasteiger partial charge in [-0.15, -0.1) is 12.6 Å². The van der Waals surface area contributed by atoms with Crippen molar-refractivity contribution >= 4 is 23.7 Å². The van der Waals surface area contributed by atoms with Gasteiger partial charge >= 0.3 is 5.97 Å². The van der Waals surface area contributed by atoms with Gasteiger partial charge in [0.05, 0.1) is 6.42 Å². The molecule has 0 saturated carbocycles. The van der Waals surface area contributed by atoms with E-state index in [9.17, 15) is 9.59 Å². The van der Waals surface area contributed by atoms with Crippen LogP contribution in [0.25, 0.3) is 0 Å². The Morgan fingerprint density at radius 2 is 1.79 bits per heavy atom. The van der Waals surface area contributed by atoms with E-state index in [0.717, 1.165) is 5.56 Å². The summed E-state index contributed by atoms with van der Waals surface area (Å²) in [5, 5.41) is -0.283.